The second-order valence-electron chi connectivity index (χ2n) is 21.3. The van der Waals surface area contributed by atoms with Crippen molar-refractivity contribution in [1.29, 1.82) is 0 Å². The van der Waals surface area contributed by atoms with Crippen molar-refractivity contribution in [3.8, 4) is 56.0 Å². The quantitative estimate of drug-likeness (QED) is 0.159. The van der Waals surface area contributed by atoms with Crippen molar-refractivity contribution in [2.45, 2.75) is 57.8 Å². The van der Waals surface area contributed by atoms with Gasteiger partial charge in [-0.05, 0) is 114 Å². The number of hydrogen-bond acceptors (Lipinski definition) is 2. The number of fused-ring (bicyclic) bond motifs is 10. The Morgan fingerprint density at radius 1 is 0.417 bits per heavy atom. The molecule has 0 aliphatic carbocycles. The average molecular weight is 936 g/mol. The maximum atomic E-state index is 9.36. The second-order valence-corrected chi connectivity index (χ2v) is 21.3. The minimum absolute atomic E-state index is 0.0833. The molecular weight excluding hydrogens is 870 g/mol. The molecule has 0 saturated carbocycles. The van der Waals surface area contributed by atoms with Crippen LogP contribution in [0, 0.1) is 0 Å². The van der Waals surface area contributed by atoms with E-state index in [1.54, 1.807) is 0 Å². The summed E-state index contributed by atoms with van der Waals surface area (Å²) in [5, 5.41) is 0. The number of anilines is 3. The SMILES string of the molecule is [2H]c1c([2H])c([2H])c(-c2ccc3c(c2)N(c2c(-c4ccccc4)cc(C(C)(C)C)cc2-c2ccccc2)c2cc(C(C)(C)C)cc4c2B3c2ccc(-c3c([2H])c([2H])c([2H])c([2H])c3[2H])cc2C42c3ccccc3Oc3ccccc32)c([2H])c1[2H]. The molecule has 72 heavy (non-hydrogen) atoms. The van der Waals surface area contributed by atoms with Gasteiger partial charge in [-0.25, -0.2) is 0 Å². The van der Waals surface area contributed by atoms with E-state index in [0.29, 0.717) is 22.6 Å². The lowest BCUT2D eigenvalue weighted by Gasteiger charge is -2.51. The Hall–Kier alpha value is -8.14. The van der Waals surface area contributed by atoms with Gasteiger partial charge in [-0.15, -0.1) is 0 Å². The van der Waals surface area contributed by atoms with E-state index in [2.05, 4.69) is 144 Å². The normalized spacial score (nSPS) is 15.8. The van der Waals surface area contributed by atoms with Crippen molar-refractivity contribution < 1.29 is 18.4 Å². The van der Waals surface area contributed by atoms with Gasteiger partial charge in [-0.2, -0.15) is 0 Å². The summed E-state index contributed by atoms with van der Waals surface area (Å²) in [7, 11) is 0. The third-order valence-corrected chi connectivity index (χ3v) is 15.1. The molecule has 3 aliphatic heterocycles. The third-order valence-electron chi connectivity index (χ3n) is 15.1. The minimum Gasteiger partial charge on any atom is -0.457 e. The summed E-state index contributed by atoms with van der Waals surface area (Å²) in [6.45, 7) is 12.8. The van der Waals surface area contributed by atoms with Gasteiger partial charge < -0.3 is 9.64 Å². The Labute approximate surface area is 439 Å². The Morgan fingerprint density at radius 3 is 1.44 bits per heavy atom. The fourth-order valence-electron chi connectivity index (χ4n) is 11.6. The number of para-hydroxylation sites is 2. The standard InChI is InChI=1S/C69H56BNO/c1-67(2,3)51-41-53(47-27-15-9-16-28-47)66(54(42-51)48-29-17-10-18-30-48)71-61-40-50(46-25-13-8-14-26-46)36-38-60(61)70-59-37-35-49(45-23-11-7-12-24-45)39-57(59)69(58-43-52(68(4,5)6)44-62(71)65(58)70)55-31-19-21-33-63(55)72-64-34-22-20-32-56(64)69/h7-44H,1-6H3/i7D,8D,11D,12D,13D,14D,23D,24D,25D,26D. The first-order valence-corrected chi connectivity index (χ1v) is 24.7. The molecule has 0 saturated heterocycles. The van der Waals surface area contributed by atoms with Crippen LogP contribution in [0.2, 0.25) is 0 Å². The summed E-state index contributed by atoms with van der Waals surface area (Å²) in [6.07, 6.45) is 0. The zero-order valence-corrected chi connectivity index (χ0v) is 41.1. The summed E-state index contributed by atoms with van der Waals surface area (Å²) in [5.74, 6) is 1.31. The number of nitrogens with zero attached hydrogens (tertiary/aromatic N) is 1. The molecule has 2 nitrogen and oxygen atoms in total. The molecule has 1 spiro atoms. The van der Waals surface area contributed by atoms with Gasteiger partial charge in [0.05, 0.1) is 24.8 Å². The molecule has 0 amide bonds. The van der Waals surface area contributed by atoms with E-state index in [1.807, 2.05) is 72.8 Å². The van der Waals surface area contributed by atoms with Crippen LogP contribution < -0.4 is 26.0 Å². The van der Waals surface area contributed by atoms with Crippen LogP contribution in [0.4, 0.5) is 17.1 Å². The molecule has 3 aliphatic rings. The van der Waals surface area contributed by atoms with E-state index < -0.39 is 53.8 Å². The van der Waals surface area contributed by atoms with E-state index in [4.69, 9.17) is 13.0 Å². The molecule has 0 bridgehead atoms. The van der Waals surface area contributed by atoms with Crippen LogP contribution in [-0.2, 0) is 16.2 Å². The molecule has 0 atom stereocenters. The largest absolute Gasteiger partial charge is 0.457 e. The first-order valence-electron chi connectivity index (χ1n) is 29.7. The Kier molecular flexibility index (Phi) is 7.83. The summed E-state index contributed by atoms with van der Waals surface area (Å²) in [5.41, 5.74) is 14.1. The van der Waals surface area contributed by atoms with Gasteiger partial charge in [0.25, 0.3) is 0 Å². The summed E-state index contributed by atoms with van der Waals surface area (Å²) in [6, 6.07) is 54.4. The molecule has 346 valence electrons. The van der Waals surface area contributed by atoms with E-state index >= 15 is 0 Å². The Bertz CT molecular complexity index is 4190. The molecule has 0 fully saturated rings. The highest BCUT2D eigenvalue weighted by atomic mass is 16.5. The highest BCUT2D eigenvalue weighted by Gasteiger charge is 2.55. The number of benzene rings is 10. The van der Waals surface area contributed by atoms with Crippen molar-refractivity contribution in [3.63, 3.8) is 0 Å². The molecule has 0 radical (unpaired) electrons. The van der Waals surface area contributed by atoms with Crippen LogP contribution in [-0.4, -0.2) is 6.71 Å². The predicted molar refractivity (Wildman–Crippen MR) is 303 cm³/mol. The summed E-state index contributed by atoms with van der Waals surface area (Å²) < 4.78 is 96.9. The zero-order valence-electron chi connectivity index (χ0n) is 51.1. The van der Waals surface area contributed by atoms with Gasteiger partial charge in [-0.3, -0.25) is 0 Å². The molecule has 10 aromatic rings. The van der Waals surface area contributed by atoms with Crippen molar-refractivity contribution in [3.05, 3.63) is 264 Å². The van der Waals surface area contributed by atoms with E-state index in [1.165, 1.54) is 0 Å². The maximum Gasteiger partial charge on any atom is 0.247 e. The maximum absolute atomic E-state index is 9.36. The van der Waals surface area contributed by atoms with Crippen LogP contribution in [0.25, 0.3) is 44.5 Å². The van der Waals surface area contributed by atoms with E-state index in [-0.39, 0.29) is 40.7 Å². The Balaban J connectivity index is 1.26. The van der Waals surface area contributed by atoms with Crippen molar-refractivity contribution in [2.24, 2.45) is 0 Å². The number of ether oxygens (including phenoxy) is 1. The Morgan fingerprint density at radius 2 is 0.903 bits per heavy atom. The van der Waals surface area contributed by atoms with Crippen LogP contribution in [0.5, 0.6) is 11.5 Å². The number of hydrogen-bond donors (Lipinski definition) is 0. The van der Waals surface area contributed by atoms with Crippen molar-refractivity contribution >= 4 is 40.2 Å². The van der Waals surface area contributed by atoms with Crippen LogP contribution in [0.1, 0.15) is 88.6 Å². The van der Waals surface area contributed by atoms with Gasteiger partial charge in [0.2, 0.25) is 6.71 Å². The van der Waals surface area contributed by atoms with Crippen molar-refractivity contribution in [2.75, 3.05) is 4.90 Å². The molecule has 3 heteroatoms. The average Bonchev–Trinajstić information content (AvgIpc) is 2.17. The number of rotatable bonds is 5. The van der Waals surface area contributed by atoms with Crippen LogP contribution >= 0.6 is 0 Å². The topological polar surface area (TPSA) is 12.5 Å². The molecule has 0 aromatic heterocycles. The first kappa shape index (κ1) is 34.2. The zero-order chi connectivity index (χ0) is 57.6. The smallest absolute Gasteiger partial charge is 0.247 e. The highest BCUT2D eigenvalue weighted by Crippen LogP contribution is 2.59. The molecular formula is C69H56BNO. The first-order chi connectivity index (χ1) is 39.1. The van der Waals surface area contributed by atoms with Crippen LogP contribution in [0.15, 0.2) is 230 Å². The minimum atomic E-state index is -1.15. The van der Waals surface area contributed by atoms with Gasteiger partial charge in [0.15, 0.2) is 0 Å². The molecule has 0 N–H and O–H groups in total. The van der Waals surface area contributed by atoms with E-state index in [9.17, 15) is 5.48 Å². The lowest BCUT2D eigenvalue weighted by atomic mass is 9.29. The lowest BCUT2D eigenvalue weighted by molar-refractivity contribution is 0.435. The fraction of sp³-hybridized carbons (Fsp3) is 0.130. The fourth-order valence-corrected chi connectivity index (χ4v) is 11.6. The third kappa shape index (κ3) is 6.78. The lowest BCUT2D eigenvalue weighted by Crippen LogP contribution is -2.65. The summed E-state index contributed by atoms with van der Waals surface area (Å²) in [4.78, 5) is 2.38. The van der Waals surface area contributed by atoms with Crippen LogP contribution in [0.3, 0.4) is 0 Å². The highest BCUT2D eigenvalue weighted by molar-refractivity contribution is 6.99. The van der Waals surface area contributed by atoms with Gasteiger partial charge in [0.1, 0.15) is 11.5 Å². The van der Waals surface area contributed by atoms with Gasteiger partial charge in [0, 0.05) is 33.6 Å². The predicted octanol–water partition coefficient (Wildman–Crippen LogP) is 16.1. The molecule has 0 unspecified atom stereocenters. The summed E-state index contributed by atoms with van der Waals surface area (Å²) >= 11 is 0. The van der Waals surface area contributed by atoms with Gasteiger partial charge in [-0.1, -0.05) is 241 Å². The van der Waals surface area contributed by atoms with Crippen molar-refractivity contribution in [1.82, 2.24) is 0 Å². The monoisotopic (exact) mass is 936 g/mol. The second kappa shape index (κ2) is 16.5. The molecule has 10 aromatic carbocycles. The molecule has 13 rings (SSSR count). The van der Waals surface area contributed by atoms with E-state index in [0.717, 1.165) is 89.1 Å². The molecule has 3 heterocycles. The van der Waals surface area contributed by atoms with Gasteiger partial charge >= 0.3 is 0 Å².